The molecule has 2 nitrogen and oxygen atoms in total. The molecule has 0 spiro atoms. The third-order valence-corrected chi connectivity index (χ3v) is 17.6. The van der Waals surface area contributed by atoms with Crippen LogP contribution in [0.5, 0.6) is 0 Å². The molecular formula is C76H69BN2. The molecule has 0 saturated heterocycles. The van der Waals surface area contributed by atoms with Gasteiger partial charge in [-0.25, -0.2) is 0 Å². The maximum atomic E-state index is 2.71. The molecule has 386 valence electrons. The molecular weight excluding hydrogens is 952 g/mol. The summed E-state index contributed by atoms with van der Waals surface area (Å²) in [4.78, 5) is 5.42. The van der Waals surface area contributed by atoms with Crippen LogP contribution in [0.25, 0.3) is 75.8 Å². The zero-order chi connectivity index (χ0) is 54.7. The van der Waals surface area contributed by atoms with Gasteiger partial charge in [0, 0.05) is 44.9 Å². The molecule has 79 heavy (non-hydrogen) atoms. The fraction of sp³-hybridized carbons (Fsp3) is 0.211. The lowest BCUT2D eigenvalue weighted by atomic mass is 9.33. The zero-order valence-corrected chi connectivity index (χ0v) is 48.0. The van der Waals surface area contributed by atoms with Gasteiger partial charge in [-0.05, 0) is 198 Å². The van der Waals surface area contributed by atoms with Crippen LogP contribution < -0.4 is 26.2 Å². The van der Waals surface area contributed by atoms with E-state index in [4.69, 9.17) is 0 Å². The lowest BCUT2D eigenvalue weighted by Gasteiger charge is -2.46. The molecule has 12 aromatic carbocycles. The van der Waals surface area contributed by atoms with E-state index in [-0.39, 0.29) is 28.4 Å². The monoisotopic (exact) mass is 1020 g/mol. The Hall–Kier alpha value is -8.14. The molecule has 12 aromatic rings. The Kier molecular flexibility index (Phi) is 10.7. The standard InChI is InChI=1S/C76H69BN2/c1-73(2,3)56-40-57(74(4,5)6)43-60(42-56)78-68-38-55(62-27-19-26-52-32-46-20-13-16-23-49(46)35-63(52)62)39-69-70(68)77(66-30-28-53-33-47-21-14-17-24-50(47)36-64(53)71(66)78)67-31-29-54-34-48-22-15-18-25-51(48)37-65(54)72(67)79(69)61-44-58(75(7,8)9)41-59(45-61)76(10,11)12/h13-45H,1-12H3. The summed E-state index contributed by atoms with van der Waals surface area (Å²) < 4.78 is 0. The van der Waals surface area contributed by atoms with Crippen LogP contribution in [0.2, 0.25) is 0 Å². The molecule has 0 atom stereocenters. The maximum Gasteiger partial charge on any atom is 0.252 e. The van der Waals surface area contributed by atoms with Gasteiger partial charge in [-0.2, -0.15) is 0 Å². The van der Waals surface area contributed by atoms with Gasteiger partial charge in [0.15, 0.2) is 0 Å². The number of hydrogen-bond acceptors (Lipinski definition) is 2. The lowest BCUT2D eigenvalue weighted by molar-refractivity contribution is 0.568. The molecule has 0 fully saturated rings. The van der Waals surface area contributed by atoms with E-state index in [9.17, 15) is 0 Å². The Bertz CT molecular complexity index is 4260. The summed E-state index contributed by atoms with van der Waals surface area (Å²) in [6.07, 6.45) is 0. The largest absolute Gasteiger partial charge is 0.311 e. The number of hydrogen-bond donors (Lipinski definition) is 0. The normalized spacial score (nSPS) is 13.7. The van der Waals surface area contributed by atoms with Crippen molar-refractivity contribution in [3.05, 3.63) is 222 Å². The summed E-state index contributed by atoms with van der Waals surface area (Å²) in [6.45, 7) is 28.3. The van der Waals surface area contributed by atoms with E-state index in [0.717, 1.165) is 0 Å². The first-order chi connectivity index (χ1) is 37.7. The summed E-state index contributed by atoms with van der Waals surface area (Å²) in [5, 5.41) is 15.0. The fourth-order valence-electron chi connectivity index (χ4n) is 13.1. The van der Waals surface area contributed by atoms with Crippen LogP contribution >= 0.6 is 0 Å². The molecule has 0 bridgehead atoms. The van der Waals surface area contributed by atoms with Crippen molar-refractivity contribution in [2.24, 2.45) is 0 Å². The van der Waals surface area contributed by atoms with E-state index < -0.39 is 0 Å². The minimum atomic E-state index is -0.108. The Balaban J connectivity index is 1.20. The molecule has 0 saturated carbocycles. The van der Waals surface area contributed by atoms with Gasteiger partial charge in [0.2, 0.25) is 0 Å². The van der Waals surface area contributed by atoms with E-state index in [0.29, 0.717) is 0 Å². The van der Waals surface area contributed by atoms with Gasteiger partial charge in [-0.1, -0.05) is 210 Å². The molecule has 14 rings (SSSR count). The van der Waals surface area contributed by atoms with E-state index in [1.54, 1.807) is 0 Å². The molecule has 0 N–H and O–H groups in total. The van der Waals surface area contributed by atoms with E-state index in [1.807, 2.05) is 0 Å². The Morgan fingerprint density at radius 2 is 0.620 bits per heavy atom. The van der Waals surface area contributed by atoms with Crippen LogP contribution in [-0.4, -0.2) is 6.71 Å². The van der Waals surface area contributed by atoms with Crippen LogP contribution in [0.4, 0.5) is 34.1 Å². The number of anilines is 6. The minimum absolute atomic E-state index is 0.0967. The average Bonchev–Trinajstić information content (AvgIpc) is 2.37. The number of fused-ring (bicyclic) bond motifs is 12. The van der Waals surface area contributed by atoms with Crippen molar-refractivity contribution in [3.63, 3.8) is 0 Å². The smallest absolute Gasteiger partial charge is 0.252 e. The highest BCUT2D eigenvalue weighted by Crippen LogP contribution is 2.52. The molecule has 2 heterocycles. The second-order valence-electron chi connectivity index (χ2n) is 27.1. The second kappa shape index (κ2) is 17.2. The Morgan fingerprint density at radius 1 is 0.291 bits per heavy atom. The molecule has 3 heteroatoms. The quantitative estimate of drug-likeness (QED) is 0.129. The van der Waals surface area contributed by atoms with Gasteiger partial charge < -0.3 is 9.80 Å². The summed E-state index contributed by atoms with van der Waals surface area (Å²) in [5.41, 5.74) is 18.6. The highest BCUT2D eigenvalue weighted by molar-refractivity contribution is 7.00. The zero-order valence-electron chi connectivity index (χ0n) is 48.0. The lowest BCUT2D eigenvalue weighted by Crippen LogP contribution is -2.61. The fourth-order valence-corrected chi connectivity index (χ4v) is 13.1. The van der Waals surface area contributed by atoms with Crippen molar-refractivity contribution >= 4 is 122 Å². The first-order valence-electron chi connectivity index (χ1n) is 28.6. The predicted octanol–water partition coefficient (Wildman–Crippen LogP) is 19.5. The third kappa shape index (κ3) is 7.98. The van der Waals surface area contributed by atoms with Crippen LogP contribution in [0.3, 0.4) is 0 Å². The van der Waals surface area contributed by atoms with Crippen LogP contribution in [-0.2, 0) is 21.7 Å². The van der Waals surface area contributed by atoms with E-state index in [1.165, 1.54) is 149 Å². The first-order valence-corrected chi connectivity index (χ1v) is 28.6. The molecule has 0 aromatic heterocycles. The third-order valence-electron chi connectivity index (χ3n) is 17.6. The summed E-state index contributed by atoms with van der Waals surface area (Å²) in [7, 11) is 0. The van der Waals surface area contributed by atoms with Crippen molar-refractivity contribution in [1.29, 1.82) is 0 Å². The molecule has 0 aliphatic carbocycles. The Labute approximate surface area is 467 Å². The summed E-state index contributed by atoms with van der Waals surface area (Å²) >= 11 is 0. The molecule has 0 radical (unpaired) electrons. The highest BCUT2D eigenvalue weighted by atomic mass is 15.2. The highest BCUT2D eigenvalue weighted by Gasteiger charge is 2.45. The van der Waals surface area contributed by atoms with E-state index >= 15 is 0 Å². The van der Waals surface area contributed by atoms with Gasteiger partial charge >= 0.3 is 0 Å². The molecule has 0 amide bonds. The van der Waals surface area contributed by atoms with Crippen LogP contribution in [0.15, 0.2) is 200 Å². The number of benzene rings is 12. The van der Waals surface area contributed by atoms with Gasteiger partial charge in [0.1, 0.15) is 0 Å². The van der Waals surface area contributed by atoms with Crippen molar-refractivity contribution in [2.45, 2.75) is 105 Å². The summed E-state index contributed by atoms with van der Waals surface area (Å²) in [5.74, 6) is 0. The SMILES string of the molecule is CC(C)(C)c1cc(N2c3cc(-c4cccc5cc6ccccc6cc45)cc4c3B(c3ccc5cc6ccccc6cc5c32)c2ccc3cc5ccccc5cc3c2N4c2cc(C(C)(C)C)cc(C(C)(C)C)c2)cc(C(C)(C)C)c1. The van der Waals surface area contributed by atoms with Crippen LogP contribution in [0.1, 0.15) is 105 Å². The van der Waals surface area contributed by atoms with Gasteiger partial charge in [0.25, 0.3) is 6.71 Å². The van der Waals surface area contributed by atoms with Crippen molar-refractivity contribution < 1.29 is 0 Å². The maximum absolute atomic E-state index is 2.71. The van der Waals surface area contributed by atoms with Gasteiger partial charge in [0.05, 0.1) is 0 Å². The topological polar surface area (TPSA) is 6.48 Å². The second-order valence-corrected chi connectivity index (χ2v) is 27.1. The minimum Gasteiger partial charge on any atom is -0.311 e. The van der Waals surface area contributed by atoms with Gasteiger partial charge in [-0.3, -0.25) is 0 Å². The van der Waals surface area contributed by atoms with Crippen molar-refractivity contribution in [2.75, 3.05) is 9.80 Å². The van der Waals surface area contributed by atoms with E-state index in [2.05, 4.69) is 293 Å². The molecule has 2 aliphatic rings. The number of nitrogens with zero attached hydrogens (tertiary/aromatic N) is 2. The predicted molar refractivity (Wildman–Crippen MR) is 346 cm³/mol. The molecule has 0 unspecified atom stereocenters. The average molecular weight is 1020 g/mol. The van der Waals surface area contributed by atoms with Crippen LogP contribution in [0, 0.1) is 0 Å². The summed E-state index contributed by atoms with van der Waals surface area (Å²) in [6, 6.07) is 78.1. The van der Waals surface area contributed by atoms with Crippen molar-refractivity contribution in [1.82, 2.24) is 0 Å². The molecule has 2 aliphatic heterocycles. The number of rotatable bonds is 3. The van der Waals surface area contributed by atoms with Crippen molar-refractivity contribution in [3.8, 4) is 11.1 Å². The first kappa shape index (κ1) is 49.2. The van der Waals surface area contributed by atoms with Gasteiger partial charge in [-0.15, -0.1) is 0 Å². The Morgan fingerprint density at radius 3 is 0.987 bits per heavy atom.